The molecule has 0 aliphatic carbocycles. The molecule has 0 bridgehead atoms. The average molecular weight is 163 g/mol. The topological polar surface area (TPSA) is 76.2 Å². The minimum atomic E-state index is 0.288. The second-order valence-corrected chi connectivity index (χ2v) is 2.56. The van der Waals surface area contributed by atoms with Crippen molar-refractivity contribution in [2.45, 2.75) is 6.92 Å². The number of hydrogen-bond acceptors (Lipinski definition) is 5. The van der Waals surface area contributed by atoms with Crippen LogP contribution in [-0.4, -0.2) is 22.7 Å². The van der Waals surface area contributed by atoms with Gasteiger partial charge in [0, 0.05) is 6.21 Å². The Morgan fingerprint density at radius 2 is 2.33 bits per heavy atom. The summed E-state index contributed by atoms with van der Waals surface area (Å²) in [6, 6.07) is 0. The van der Waals surface area contributed by atoms with Gasteiger partial charge in [0.2, 0.25) is 5.95 Å². The highest BCUT2D eigenvalue weighted by molar-refractivity contribution is 5.79. The van der Waals surface area contributed by atoms with Gasteiger partial charge in [-0.2, -0.15) is 4.98 Å². The predicted octanol–water partition coefficient (Wildman–Crippen LogP) is 0.495. The van der Waals surface area contributed by atoms with E-state index in [-0.39, 0.29) is 5.95 Å². The van der Waals surface area contributed by atoms with E-state index in [0.29, 0.717) is 6.54 Å². The molecule has 0 spiro atoms. The number of anilines is 2. The lowest BCUT2D eigenvalue weighted by Gasteiger charge is -2.12. The lowest BCUT2D eigenvalue weighted by atomic mass is 10.3. The Hall–Kier alpha value is -1.65. The van der Waals surface area contributed by atoms with E-state index in [9.17, 15) is 0 Å². The Kier molecular flexibility index (Phi) is 1.43. The van der Waals surface area contributed by atoms with Gasteiger partial charge in [0.1, 0.15) is 5.69 Å². The summed E-state index contributed by atoms with van der Waals surface area (Å²) < 4.78 is 0. The van der Waals surface area contributed by atoms with Crippen LogP contribution in [0.3, 0.4) is 0 Å². The number of aromatic nitrogens is 2. The summed E-state index contributed by atoms with van der Waals surface area (Å²) in [6.45, 7) is 2.56. The van der Waals surface area contributed by atoms with Crippen molar-refractivity contribution >= 4 is 23.7 Å². The van der Waals surface area contributed by atoms with Crippen molar-refractivity contribution in [3.63, 3.8) is 0 Å². The maximum absolute atomic E-state index is 5.47. The highest BCUT2D eigenvalue weighted by Crippen LogP contribution is 2.27. The molecular weight excluding hydrogens is 154 g/mol. The number of rotatable bonds is 0. The largest absolute Gasteiger partial charge is 0.368 e. The summed E-state index contributed by atoms with van der Waals surface area (Å²) in [5.41, 5.74) is 7.06. The fourth-order valence-corrected chi connectivity index (χ4v) is 1.15. The van der Waals surface area contributed by atoms with Crippen molar-refractivity contribution in [3.05, 3.63) is 5.69 Å². The van der Waals surface area contributed by atoms with Gasteiger partial charge in [0.25, 0.3) is 0 Å². The first-order valence-electron chi connectivity index (χ1n) is 3.68. The fraction of sp³-hybridized carbons (Fsp3) is 0.286. The maximum Gasteiger partial charge on any atom is 0.222 e. The lowest BCUT2D eigenvalue weighted by Crippen LogP contribution is -2.11. The number of nitrogen functional groups attached to an aromatic ring is 1. The SMILES string of the molecule is Cc1nc(N)nc2c1N=CCN2. The molecule has 0 amide bonds. The zero-order valence-electron chi connectivity index (χ0n) is 6.70. The Balaban J connectivity index is 2.62. The molecule has 12 heavy (non-hydrogen) atoms. The highest BCUT2D eigenvalue weighted by Gasteiger charge is 2.10. The first-order valence-corrected chi connectivity index (χ1v) is 3.68. The smallest absolute Gasteiger partial charge is 0.222 e. The number of nitrogens with zero attached hydrogens (tertiary/aromatic N) is 3. The van der Waals surface area contributed by atoms with Crippen molar-refractivity contribution < 1.29 is 0 Å². The molecule has 0 fully saturated rings. The quantitative estimate of drug-likeness (QED) is 0.583. The lowest BCUT2D eigenvalue weighted by molar-refractivity contribution is 1.09. The number of nitrogens with one attached hydrogen (secondary N) is 1. The molecule has 0 radical (unpaired) electrons. The molecular formula is C7H9N5. The van der Waals surface area contributed by atoms with Gasteiger partial charge in [0.15, 0.2) is 5.82 Å². The summed E-state index contributed by atoms with van der Waals surface area (Å²) in [4.78, 5) is 12.2. The van der Waals surface area contributed by atoms with Crippen LogP contribution in [0.4, 0.5) is 17.5 Å². The summed E-state index contributed by atoms with van der Waals surface area (Å²) in [7, 11) is 0. The van der Waals surface area contributed by atoms with Crippen LogP contribution in [0.25, 0.3) is 0 Å². The first-order chi connectivity index (χ1) is 5.77. The second-order valence-electron chi connectivity index (χ2n) is 2.56. The molecule has 0 aromatic carbocycles. The van der Waals surface area contributed by atoms with Crippen LogP contribution >= 0.6 is 0 Å². The van der Waals surface area contributed by atoms with Crippen molar-refractivity contribution in [2.75, 3.05) is 17.6 Å². The number of nitrogens with two attached hydrogens (primary N) is 1. The first kappa shape index (κ1) is 7.02. The zero-order chi connectivity index (χ0) is 8.55. The molecule has 0 saturated carbocycles. The number of aryl methyl sites for hydroxylation is 1. The van der Waals surface area contributed by atoms with Crippen LogP contribution in [-0.2, 0) is 0 Å². The van der Waals surface area contributed by atoms with E-state index in [1.54, 1.807) is 6.21 Å². The number of fused-ring (bicyclic) bond motifs is 1. The highest BCUT2D eigenvalue weighted by atomic mass is 15.1. The standard InChI is InChI=1S/C7H9N5/c1-4-5-6(10-3-2-9-5)12-7(8)11-4/h2H,3H2,1H3,(H3,8,10,11,12). The van der Waals surface area contributed by atoms with E-state index >= 15 is 0 Å². The summed E-state index contributed by atoms with van der Waals surface area (Å²) >= 11 is 0. The van der Waals surface area contributed by atoms with E-state index in [1.807, 2.05) is 6.92 Å². The van der Waals surface area contributed by atoms with Crippen LogP contribution in [0.15, 0.2) is 4.99 Å². The third-order valence-electron chi connectivity index (χ3n) is 1.66. The van der Waals surface area contributed by atoms with Crippen molar-refractivity contribution in [3.8, 4) is 0 Å². The third kappa shape index (κ3) is 0.990. The van der Waals surface area contributed by atoms with Gasteiger partial charge in [-0.05, 0) is 6.92 Å². The van der Waals surface area contributed by atoms with Gasteiger partial charge < -0.3 is 11.1 Å². The second kappa shape index (κ2) is 2.44. The van der Waals surface area contributed by atoms with Gasteiger partial charge in [-0.1, -0.05) is 0 Å². The molecule has 1 aromatic heterocycles. The summed E-state index contributed by atoms with van der Waals surface area (Å²) in [5.74, 6) is 1.01. The molecule has 62 valence electrons. The van der Waals surface area contributed by atoms with Gasteiger partial charge in [-0.3, -0.25) is 4.99 Å². The summed E-state index contributed by atoms with van der Waals surface area (Å²) in [5, 5.41) is 3.06. The molecule has 1 aromatic rings. The number of hydrogen-bond donors (Lipinski definition) is 2. The van der Waals surface area contributed by atoms with E-state index in [0.717, 1.165) is 17.2 Å². The van der Waals surface area contributed by atoms with Crippen LogP contribution in [0.1, 0.15) is 5.69 Å². The third-order valence-corrected chi connectivity index (χ3v) is 1.66. The van der Waals surface area contributed by atoms with Gasteiger partial charge in [-0.15, -0.1) is 0 Å². The van der Waals surface area contributed by atoms with E-state index in [2.05, 4.69) is 20.3 Å². The van der Waals surface area contributed by atoms with Gasteiger partial charge >= 0.3 is 0 Å². The van der Waals surface area contributed by atoms with Crippen LogP contribution in [0, 0.1) is 6.92 Å². The molecule has 0 atom stereocenters. The number of aliphatic imine (C=N–C) groups is 1. The Labute approximate surface area is 69.7 Å². The fourth-order valence-electron chi connectivity index (χ4n) is 1.15. The minimum absolute atomic E-state index is 0.288. The molecule has 5 nitrogen and oxygen atoms in total. The zero-order valence-corrected chi connectivity index (χ0v) is 6.70. The minimum Gasteiger partial charge on any atom is -0.368 e. The molecule has 0 unspecified atom stereocenters. The van der Waals surface area contributed by atoms with Crippen LogP contribution in [0.5, 0.6) is 0 Å². The molecule has 0 saturated heterocycles. The maximum atomic E-state index is 5.47. The normalized spacial score (nSPS) is 13.8. The van der Waals surface area contributed by atoms with E-state index in [4.69, 9.17) is 5.73 Å². The predicted molar refractivity (Wildman–Crippen MR) is 47.8 cm³/mol. The summed E-state index contributed by atoms with van der Waals surface area (Å²) in [6.07, 6.45) is 1.79. The van der Waals surface area contributed by atoms with E-state index < -0.39 is 0 Å². The Morgan fingerprint density at radius 1 is 1.50 bits per heavy atom. The van der Waals surface area contributed by atoms with Crippen molar-refractivity contribution in [1.29, 1.82) is 0 Å². The van der Waals surface area contributed by atoms with Gasteiger partial charge in [0.05, 0.1) is 12.2 Å². The molecule has 5 heteroatoms. The monoisotopic (exact) mass is 163 g/mol. The molecule has 2 heterocycles. The van der Waals surface area contributed by atoms with Crippen LogP contribution < -0.4 is 11.1 Å². The Bertz CT molecular complexity index is 344. The van der Waals surface area contributed by atoms with Crippen LogP contribution in [0.2, 0.25) is 0 Å². The van der Waals surface area contributed by atoms with E-state index in [1.165, 1.54) is 0 Å². The molecule has 1 aliphatic heterocycles. The molecule has 1 aliphatic rings. The average Bonchev–Trinajstić information content (AvgIpc) is 2.04. The molecule has 2 rings (SSSR count). The Morgan fingerprint density at radius 3 is 3.17 bits per heavy atom. The molecule has 3 N–H and O–H groups in total. The van der Waals surface area contributed by atoms with Gasteiger partial charge in [-0.25, -0.2) is 4.98 Å². The van der Waals surface area contributed by atoms with Crippen molar-refractivity contribution in [1.82, 2.24) is 9.97 Å². The van der Waals surface area contributed by atoms with Crippen molar-refractivity contribution in [2.24, 2.45) is 4.99 Å².